The lowest BCUT2D eigenvalue weighted by molar-refractivity contribution is -0.384. The van der Waals surface area contributed by atoms with Gasteiger partial charge in [0, 0.05) is 12.1 Å². The van der Waals surface area contributed by atoms with Gasteiger partial charge in [-0.05, 0) is 29.8 Å². The van der Waals surface area contributed by atoms with Crippen LogP contribution in [0.5, 0.6) is 0 Å². The quantitative estimate of drug-likeness (QED) is 0.315. The molecule has 0 fully saturated rings. The first-order chi connectivity index (χ1) is 10.1. The summed E-state index contributed by atoms with van der Waals surface area (Å²) in [7, 11) is 0. The fourth-order valence-electron chi connectivity index (χ4n) is 1.77. The number of aromatic nitrogens is 3. The van der Waals surface area contributed by atoms with E-state index in [4.69, 9.17) is 11.6 Å². The molecule has 104 valence electrons. The summed E-state index contributed by atoms with van der Waals surface area (Å²) in [5.74, 6) is 0. The molecular formula is C13H8ClN5O2. The lowest BCUT2D eigenvalue weighted by Crippen LogP contribution is -2.08. The summed E-state index contributed by atoms with van der Waals surface area (Å²) in [6.07, 6.45) is 0. The zero-order chi connectivity index (χ0) is 14.8. The molecule has 0 N–H and O–H groups in total. The van der Waals surface area contributed by atoms with E-state index in [0.29, 0.717) is 16.7 Å². The van der Waals surface area contributed by atoms with Crippen molar-refractivity contribution in [2.24, 2.45) is 4.99 Å². The molecule has 0 atom stereocenters. The summed E-state index contributed by atoms with van der Waals surface area (Å²) in [5.41, 5.74) is 1.67. The number of halogens is 1. The van der Waals surface area contributed by atoms with Gasteiger partial charge in [0.25, 0.3) is 5.69 Å². The fraction of sp³-hybridized carbons (Fsp3) is 0. The molecule has 7 nitrogen and oxygen atoms in total. The molecule has 2 aromatic carbocycles. The summed E-state index contributed by atoms with van der Waals surface area (Å²) in [6, 6.07) is 13.1. The lowest BCUT2D eigenvalue weighted by atomic mass is 10.3. The van der Waals surface area contributed by atoms with Gasteiger partial charge in [-0.2, -0.15) is 0 Å². The summed E-state index contributed by atoms with van der Waals surface area (Å²) < 4.78 is 0. The topological polar surface area (TPSA) is 86.2 Å². The standard InChI is InChI=1S/C13H8ClN5O2/c14-13(15-9-4-3-5-10(8-9)19(20)21)18-16-11-6-1-2-7-12(11)17-18/h1-8H. The van der Waals surface area contributed by atoms with Crippen LogP contribution in [0.1, 0.15) is 0 Å². The average Bonchev–Trinajstić information content (AvgIpc) is 2.91. The van der Waals surface area contributed by atoms with Crippen molar-refractivity contribution < 1.29 is 4.92 Å². The van der Waals surface area contributed by atoms with Gasteiger partial charge in [0.2, 0.25) is 5.29 Å². The molecule has 8 heteroatoms. The molecule has 0 radical (unpaired) electrons. The first-order valence-corrected chi connectivity index (χ1v) is 6.32. The molecule has 21 heavy (non-hydrogen) atoms. The highest BCUT2D eigenvalue weighted by molar-refractivity contribution is 6.65. The van der Waals surface area contributed by atoms with Crippen LogP contribution in [0.25, 0.3) is 11.0 Å². The maximum Gasteiger partial charge on any atom is 0.271 e. The van der Waals surface area contributed by atoms with Crippen molar-refractivity contribution in [2.75, 3.05) is 0 Å². The first kappa shape index (κ1) is 13.2. The zero-order valence-corrected chi connectivity index (χ0v) is 11.3. The molecule has 0 saturated carbocycles. The Morgan fingerprint density at radius 1 is 1.14 bits per heavy atom. The van der Waals surface area contributed by atoms with E-state index in [1.54, 1.807) is 18.2 Å². The molecule has 0 bridgehead atoms. The Kier molecular flexibility index (Phi) is 3.33. The first-order valence-electron chi connectivity index (χ1n) is 5.94. The minimum atomic E-state index is -0.493. The van der Waals surface area contributed by atoms with Gasteiger partial charge in [-0.3, -0.25) is 10.1 Å². The largest absolute Gasteiger partial charge is 0.271 e. The van der Waals surface area contributed by atoms with Crippen molar-refractivity contribution in [2.45, 2.75) is 0 Å². The Labute approximate surface area is 123 Å². The third-order valence-electron chi connectivity index (χ3n) is 2.71. The van der Waals surface area contributed by atoms with Crippen LogP contribution >= 0.6 is 11.6 Å². The number of rotatable bonds is 2. The molecule has 3 rings (SSSR count). The van der Waals surface area contributed by atoms with Crippen LogP contribution in [0.4, 0.5) is 11.4 Å². The highest BCUT2D eigenvalue weighted by Crippen LogP contribution is 2.20. The van der Waals surface area contributed by atoms with Crippen LogP contribution in [0, 0.1) is 10.1 Å². The Morgan fingerprint density at radius 3 is 2.43 bits per heavy atom. The van der Waals surface area contributed by atoms with E-state index < -0.39 is 4.92 Å². The van der Waals surface area contributed by atoms with E-state index >= 15 is 0 Å². The van der Waals surface area contributed by atoms with E-state index in [2.05, 4.69) is 15.2 Å². The Balaban J connectivity index is 1.98. The van der Waals surface area contributed by atoms with Crippen LogP contribution in [-0.2, 0) is 0 Å². The molecule has 3 aromatic rings. The van der Waals surface area contributed by atoms with E-state index in [9.17, 15) is 10.1 Å². The number of hydrogen-bond acceptors (Lipinski definition) is 5. The van der Waals surface area contributed by atoms with Crippen molar-refractivity contribution >= 4 is 39.3 Å². The van der Waals surface area contributed by atoms with Crippen molar-refractivity contribution in [1.82, 2.24) is 15.0 Å². The zero-order valence-electron chi connectivity index (χ0n) is 10.5. The van der Waals surface area contributed by atoms with Gasteiger partial charge in [0.1, 0.15) is 11.0 Å². The Bertz CT molecular complexity index is 825. The number of aliphatic imine (C=N–C) groups is 1. The van der Waals surface area contributed by atoms with E-state index in [0.717, 1.165) is 0 Å². The van der Waals surface area contributed by atoms with Crippen LogP contribution in [0.3, 0.4) is 0 Å². The summed E-state index contributed by atoms with van der Waals surface area (Å²) in [6.45, 7) is 0. The van der Waals surface area contributed by atoms with Gasteiger partial charge < -0.3 is 0 Å². The van der Waals surface area contributed by atoms with Gasteiger partial charge in [-0.25, -0.2) is 4.99 Å². The van der Waals surface area contributed by atoms with Crippen molar-refractivity contribution in [3.8, 4) is 0 Å². The second kappa shape index (κ2) is 5.29. The predicted octanol–water partition coefficient (Wildman–Crippen LogP) is 3.11. The van der Waals surface area contributed by atoms with Gasteiger partial charge >= 0.3 is 0 Å². The van der Waals surface area contributed by atoms with Gasteiger partial charge in [-0.15, -0.1) is 15.0 Å². The van der Waals surface area contributed by atoms with Crippen molar-refractivity contribution in [1.29, 1.82) is 0 Å². The monoisotopic (exact) mass is 301 g/mol. The summed E-state index contributed by atoms with van der Waals surface area (Å²) in [4.78, 5) is 15.5. The molecular weight excluding hydrogens is 294 g/mol. The van der Waals surface area contributed by atoms with E-state index in [-0.39, 0.29) is 11.0 Å². The number of non-ortho nitro benzene ring substituents is 1. The second-order valence-electron chi connectivity index (χ2n) is 4.14. The molecule has 0 spiro atoms. The predicted molar refractivity (Wildman–Crippen MR) is 79.0 cm³/mol. The van der Waals surface area contributed by atoms with Crippen LogP contribution < -0.4 is 0 Å². The van der Waals surface area contributed by atoms with Gasteiger partial charge in [-0.1, -0.05) is 18.2 Å². The second-order valence-corrected chi connectivity index (χ2v) is 4.47. The molecule has 0 amide bonds. The number of hydrogen-bond donors (Lipinski definition) is 0. The maximum atomic E-state index is 10.7. The molecule has 1 aromatic heterocycles. The highest BCUT2D eigenvalue weighted by atomic mass is 35.5. The number of nitro groups is 1. The molecule has 0 unspecified atom stereocenters. The Hall–Kier alpha value is -2.80. The molecule has 1 heterocycles. The minimum Gasteiger partial charge on any atom is -0.258 e. The fourth-order valence-corrected chi connectivity index (χ4v) is 1.94. The molecule has 0 saturated heterocycles. The number of nitro benzene ring substituents is 1. The van der Waals surface area contributed by atoms with Crippen molar-refractivity contribution in [3.63, 3.8) is 0 Å². The van der Waals surface area contributed by atoms with Gasteiger partial charge in [0.05, 0.1) is 10.6 Å². The van der Waals surface area contributed by atoms with E-state index in [1.807, 2.05) is 12.1 Å². The summed E-state index contributed by atoms with van der Waals surface area (Å²) >= 11 is 6.06. The molecule has 0 aliphatic heterocycles. The highest BCUT2D eigenvalue weighted by Gasteiger charge is 2.08. The van der Waals surface area contributed by atoms with Crippen LogP contribution in [0.2, 0.25) is 0 Å². The SMILES string of the molecule is O=[N+]([O-])c1cccc(N=C(Cl)n2nc3ccccc3n2)c1. The van der Waals surface area contributed by atoms with Crippen molar-refractivity contribution in [3.05, 3.63) is 58.6 Å². The Morgan fingerprint density at radius 2 is 1.81 bits per heavy atom. The van der Waals surface area contributed by atoms with Crippen LogP contribution in [0.15, 0.2) is 53.5 Å². The molecule has 0 aliphatic carbocycles. The third-order valence-corrected chi connectivity index (χ3v) is 2.95. The third kappa shape index (κ3) is 2.72. The lowest BCUT2D eigenvalue weighted by Gasteiger charge is -1.97. The smallest absolute Gasteiger partial charge is 0.258 e. The number of benzene rings is 2. The minimum absolute atomic E-state index is 0.00620. The average molecular weight is 302 g/mol. The van der Waals surface area contributed by atoms with Crippen LogP contribution in [-0.4, -0.2) is 25.2 Å². The van der Waals surface area contributed by atoms with E-state index in [1.165, 1.54) is 23.0 Å². The maximum absolute atomic E-state index is 10.7. The van der Waals surface area contributed by atoms with Gasteiger partial charge in [0.15, 0.2) is 0 Å². The number of nitrogens with zero attached hydrogens (tertiary/aromatic N) is 5. The normalized spacial score (nSPS) is 11.8. The summed E-state index contributed by atoms with van der Waals surface area (Å²) in [5, 5.41) is 19.1. The number of fused-ring (bicyclic) bond motifs is 1. The molecule has 0 aliphatic rings.